The molecular formula is C25H28N2O. The number of fused-ring (bicyclic) bond motifs is 2. The van der Waals surface area contributed by atoms with Gasteiger partial charge in [0.25, 0.3) is 0 Å². The summed E-state index contributed by atoms with van der Waals surface area (Å²) in [6.45, 7) is 7.77. The van der Waals surface area contributed by atoms with Crippen LogP contribution in [0.1, 0.15) is 37.4 Å². The van der Waals surface area contributed by atoms with Crippen LogP contribution in [0.5, 0.6) is 5.75 Å². The highest BCUT2D eigenvalue weighted by molar-refractivity contribution is 5.87. The molecule has 2 aliphatic heterocycles. The van der Waals surface area contributed by atoms with Gasteiger partial charge in [0.1, 0.15) is 11.4 Å². The van der Waals surface area contributed by atoms with Crippen LogP contribution >= 0.6 is 0 Å². The van der Waals surface area contributed by atoms with Gasteiger partial charge in [0.15, 0.2) is 0 Å². The van der Waals surface area contributed by atoms with E-state index in [0.29, 0.717) is 0 Å². The molecule has 28 heavy (non-hydrogen) atoms. The molecule has 0 aliphatic carbocycles. The number of piperidine rings is 1. The maximum atomic E-state index is 6.60. The molecule has 3 nitrogen and oxygen atoms in total. The van der Waals surface area contributed by atoms with Gasteiger partial charge in [0.05, 0.1) is 0 Å². The minimum absolute atomic E-state index is 0.0632. The minimum Gasteiger partial charge on any atom is -0.487 e. The standard InChI is InChI=1S/C25H28N2O/c1-3-27-12-10-25(11-13-27)9-8-21-15-20(6-7-24(21)28-25)19-4-5-22-17-26-18(2)14-23(22)16-19/h4-7,14-17H,3,8-13H2,1-2H3. The fourth-order valence-electron chi connectivity index (χ4n) is 4.76. The maximum Gasteiger partial charge on any atom is 0.123 e. The van der Waals surface area contributed by atoms with Crippen molar-refractivity contribution in [2.24, 2.45) is 0 Å². The Morgan fingerprint density at radius 2 is 1.75 bits per heavy atom. The van der Waals surface area contributed by atoms with Crippen LogP contribution in [0.3, 0.4) is 0 Å². The molecule has 0 N–H and O–H groups in total. The Labute approximate surface area is 167 Å². The van der Waals surface area contributed by atoms with Gasteiger partial charge in [0.2, 0.25) is 0 Å². The van der Waals surface area contributed by atoms with Gasteiger partial charge in [-0.1, -0.05) is 25.1 Å². The van der Waals surface area contributed by atoms with Crippen molar-refractivity contribution in [1.29, 1.82) is 0 Å². The quantitative estimate of drug-likeness (QED) is 0.603. The van der Waals surface area contributed by atoms with E-state index >= 15 is 0 Å². The molecule has 1 aromatic heterocycles. The summed E-state index contributed by atoms with van der Waals surface area (Å²) in [6.07, 6.45) is 6.52. The van der Waals surface area contributed by atoms with Gasteiger partial charge in [0, 0.05) is 30.4 Å². The second kappa shape index (κ2) is 6.89. The van der Waals surface area contributed by atoms with Crippen molar-refractivity contribution in [3.63, 3.8) is 0 Å². The van der Waals surface area contributed by atoms with Crippen LogP contribution in [0.25, 0.3) is 21.9 Å². The first-order chi connectivity index (χ1) is 13.6. The number of hydrogen-bond acceptors (Lipinski definition) is 3. The lowest BCUT2D eigenvalue weighted by atomic mass is 9.82. The normalized spacial score (nSPS) is 18.8. The van der Waals surface area contributed by atoms with E-state index in [1.165, 1.54) is 27.5 Å². The summed E-state index contributed by atoms with van der Waals surface area (Å²) in [5.41, 5.74) is 5.01. The van der Waals surface area contributed by atoms with E-state index in [0.717, 1.165) is 56.8 Å². The largest absolute Gasteiger partial charge is 0.487 e. The van der Waals surface area contributed by atoms with E-state index in [1.807, 2.05) is 13.1 Å². The molecule has 1 saturated heterocycles. The van der Waals surface area contributed by atoms with Crippen molar-refractivity contribution in [3.05, 3.63) is 59.9 Å². The SMILES string of the molecule is CCN1CCC2(CCc3cc(-c4ccc5cnc(C)cc5c4)ccc3O2)CC1. The molecule has 144 valence electrons. The van der Waals surface area contributed by atoms with Crippen molar-refractivity contribution in [3.8, 4) is 16.9 Å². The Balaban J connectivity index is 1.42. The summed E-state index contributed by atoms with van der Waals surface area (Å²) in [4.78, 5) is 6.93. The number of benzene rings is 2. The summed E-state index contributed by atoms with van der Waals surface area (Å²) in [6, 6.07) is 15.5. The highest BCUT2D eigenvalue weighted by Gasteiger charge is 2.39. The molecule has 0 atom stereocenters. The number of aryl methyl sites for hydroxylation is 2. The zero-order valence-corrected chi connectivity index (χ0v) is 16.9. The van der Waals surface area contributed by atoms with Crippen molar-refractivity contribution >= 4 is 10.8 Å². The molecule has 3 aromatic rings. The van der Waals surface area contributed by atoms with E-state index in [-0.39, 0.29) is 5.60 Å². The number of aromatic nitrogens is 1. The first-order valence-electron chi connectivity index (χ1n) is 10.6. The first-order valence-corrected chi connectivity index (χ1v) is 10.6. The lowest BCUT2D eigenvalue weighted by Gasteiger charge is -2.44. The van der Waals surface area contributed by atoms with Crippen LogP contribution in [-0.2, 0) is 6.42 Å². The molecular weight excluding hydrogens is 344 g/mol. The molecule has 2 aromatic carbocycles. The van der Waals surface area contributed by atoms with E-state index < -0.39 is 0 Å². The van der Waals surface area contributed by atoms with Crippen molar-refractivity contribution in [2.75, 3.05) is 19.6 Å². The number of ether oxygens (including phenoxy) is 1. The highest BCUT2D eigenvalue weighted by atomic mass is 16.5. The average Bonchev–Trinajstić information content (AvgIpc) is 2.73. The molecule has 1 spiro atoms. The maximum absolute atomic E-state index is 6.60. The Morgan fingerprint density at radius 1 is 0.964 bits per heavy atom. The molecule has 3 heteroatoms. The van der Waals surface area contributed by atoms with E-state index in [9.17, 15) is 0 Å². The van der Waals surface area contributed by atoms with Crippen LogP contribution in [0.2, 0.25) is 0 Å². The molecule has 0 amide bonds. The van der Waals surface area contributed by atoms with Crippen molar-refractivity contribution in [1.82, 2.24) is 9.88 Å². The summed E-state index contributed by atoms with van der Waals surface area (Å²) >= 11 is 0. The third kappa shape index (κ3) is 3.18. The van der Waals surface area contributed by atoms with E-state index in [2.05, 4.69) is 59.3 Å². The zero-order chi connectivity index (χ0) is 19.1. The van der Waals surface area contributed by atoms with Gasteiger partial charge in [-0.2, -0.15) is 0 Å². The number of hydrogen-bond donors (Lipinski definition) is 0. The van der Waals surface area contributed by atoms with Gasteiger partial charge >= 0.3 is 0 Å². The molecule has 0 radical (unpaired) electrons. The number of likely N-dealkylation sites (tertiary alicyclic amines) is 1. The molecule has 1 fully saturated rings. The van der Waals surface area contributed by atoms with Gasteiger partial charge in [-0.15, -0.1) is 0 Å². The first kappa shape index (κ1) is 17.7. The lowest BCUT2D eigenvalue weighted by molar-refractivity contribution is -0.0132. The topological polar surface area (TPSA) is 25.4 Å². The van der Waals surface area contributed by atoms with Crippen LogP contribution < -0.4 is 4.74 Å². The molecule has 0 unspecified atom stereocenters. The van der Waals surface area contributed by atoms with Gasteiger partial charge in [-0.25, -0.2) is 0 Å². The number of rotatable bonds is 2. The second-order valence-electron chi connectivity index (χ2n) is 8.43. The Morgan fingerprint density at radius 3 is 2.57 bits per heavy atom. The minimum atomic E-state index is 0.0632. The molecule has 3 heterocycles. The predicted molar refractivity (Wildman–Crippen MR) is 115 cm³/mol. The second-order valence-corrected chi connectivity index (χ2v) is 8.43. The van der Waals surface area contributed by atoms with Crippen LogP contribution in [-0.4, -0.2) is 35.1 Å². The van der Waals surface area contributed by atoms with E-state index in [4.69, 9.17) is 4.74 Å². The number of pyridine rings is 1. The van der Waals surface area contributed by atoms with Gasteiger partial charge < -0.3 is 9.64 Å². The third-order valence-corrected chi connectivity index (χ3v) is 6.64. The third-order valence-electron chi connectivity index (χ3n) is 6.64. The van der Waals surface area contributed by atoms with Crippen molar-refractivity contribution in [2.45, 2.75) is 45.1 Å². The fourth-order valence-corrected chi connectivity index (χ4v) is 4.76. The summed E-state index contributed by atoms with van der Waals surface area (Å²) in [5.74, 6) is 1.10. The van der Waals surface area contributed by atoms with E-state index in [1.54, 1.807) is 0 Å². The monoisotopic (exact) mass is 372 g/mol. The zero-order valence-electron chi connectivity index (χ0n) is 16.9. The average molecular weight is 373 g/mol. The summed E-state index contributed by atoms with van der Waals surface area (Å²) in [7, 11) is 0. The van der Waals surface area contributed by atoms with Crippen LogP contribution in [0.15, 0.2) is 48.7 Å². The fraction of sp³-hybridized carbons (Fsp3) is 0.400. The molecule has 0 saturated carbocycles. The molecule has 0 bridgehead atoms. The Kier molecular flexibility index (Phi) is 4.36. The number of nitrogens with zero attached hydrogens (tertiary/aromatic N) is 2. The van der Waals surface area contributed by atoms with Crippen LogP contribution in [0, 0.1) is 6.92 Å². The smallest absolute Gasteiger partial charge is 0.123 e. The van der Waals surface area contributed by atoms with Crippen LogP contribution in [0.4, 0.5) is 0 Å². The predicted octanol–water partition coefficient (Wildman–Crippen LogP) is 5.39. The van der Waals surface area contributed by atoms with Gasteiger partial charge in [-0.3, -0.25) is 4.98 Å². The summed E-state index contributed by atoms with van der Waals surface area (Å²) in [5, 5.41) is 2.44. The van der Waals surface area contributed by atoms with Gasteiger partial charge in [-0.05, 0) is 85.5 Å². The lowest BCUT2D eigenvalue weighted by Crippen LogP contribution is -2.49. The molecule has 2 aliphatic rings. The highest BCUT2D eigenvalue weighted by Crippen LogP contribution is 2.41. The van der Waals surface area contributed by atoms with Crippen molar-refractivity contribution < 1.29 is 4.74 Å². The Hall–Kier alpha value is -2.39. The Bertz CT molecular complexity index is 1020. The molecule has 5 rings (SSSR count). The summed E-state index contributed by atoms with van der Waals surface area (Å²) < 4.78 is 6.60.